The maximum Gasteiger partial charge on any atom is 0.306 e. The van der Waals surface area contributed by atoms with Crippen LogP contribution < -0.4 is 0 Å². The molecule has 1 atom stereocenters. The zero-order valence-corrected chi connectivity index (χ0v) is 43.0. The van der Waals surface area contributed by atoms with E-state index in [4.69, 9.17) is 9.47 Å². The fourth-order valence-electron chi connectivity index (χ4n) is 8.05. The highest BCUT2D eigenvalue weighted by Gasteiger charge is 2.16. The van der Waals surface area contributed by atoms with Crippen LogP contribution in [-0.4, -0.2) is 36.4 Å². The van der Waals surface area contributed by atoms with Crippen LogP contribution in [0.25, 0.3) is 0 Å². The minimum Gasteiger partial charge on any atom is -0.462 e. The summed E-state index contributed by atoms with van der Waals surface area (Å²) >= 11 is 0. The average molecular weight is 908 g/mol. The lowest BCUT2D eigenvalue weighted by Crippen LogP contribution is -2.28. The third kappa shape index (κ3) is 53.8. The Labute approximate surface area is 403 Å². The molecule has 0 aliphatic carbocycles. The highest BCUT2D eigenvalue weighted by Crippen LogP contribution is 2.16. The van der Waals surface area contributed by atoms with Crippen molar-refractivity contribution in [2.45, 2.75) is 283 Å². The summed E-state index contributed by atoms with van der Waals surface area (Å²) in [5.74, 6) is -0.591. The number of hydrogen-bond donors (Lipinski definition) is 1. The molecule has 1 N–H and O–H groups in total. The van der Waals surface area contributed by atoms with Gasteiger partial charge in [0.1, 0.15) is 6.61 Å². The molecule has 0 aromatic heterocycles. The standard InChI is InChI=1S/C60H106O5/c1-3-5-7-9-11-13-15-17-19-20-21-22-23-24-25-26-27-28-29-30-31-32-33-34-35-36-37-38-39-40-41-43-45-47-49-51-53-55-60(63)65-58(56-61)57-64-59(62)54-52-50-48-46-44-42-18-16-14-12-10-8-6-4-2/h5,7,11,13,16-19,21-22,24-25,58,61H,3-4,6,8-10,12,14-15,20,23,26-57H2,1-2H3/b7-5-,13-11-,18-16-,19-17-,22-21-,25-24-. The number of carbonyl (C=O) groups is 2. The summed E-state index contributed by atoms with van der Waals surface area (Å²) in [7, 11) is 0. The molecule has 0 amide bonds. The van der Waals surface area contributed by atoms with E-state index in [0.29, 0.717) is 12.8 Å². The Kier molecular flexibility index (Phi) is 53.4. The minimum absolute atomic E-state index is 0.0682. The molecule has 5 nitrogen and oxygen atoms in total. The normalized spacial score (nSPS) is 12.7. The molecule has 0 fully saturated rings. The number of hydrogen-bond acceptors (Lipinski definition) is 5. The summed E-state index contributed by atoms with van der Waals surface area (Å²) in [5, 5.41) is 9.62. The fraction of sp³-hybridized carbons (Fsp3) is 0.767. The molecule has 0 aromatic carbocycles. The van der Waals surface area contributed by atoms with E-state index in [1.807, 2.05) is 0 Å². The van der Waals surface area contributed by atoms with Gasteiger partial charge in [0.25, 0.3) is 0 Å². The van der Waals surface area contributed by atoms with Gasteiger partial charge in [-0.3, -0.25) is 9.59 Å². The van der Waals surface area contributed by atoms with Crippen molar-refractivity contribution in [3.05, 3.63) is 72.9 Å². The maximum absolute atomic E-state index is 12.3. The van der Waals surface area contributed by atoms with E-state index in [-0.39, 0.29) is 25.2 Å². The van der Waals surface area contributed by atoms with Crippen LogP contribution in [-0.2, 0) is 19.1 Å². The number of allylic oxidation sites excluding steroid dienone is 12. The monoisotopic (exact) mass is 907 g/mol. The lowest BCUT2D eigenvalue weighted by Gasteiger charge is -2.15. The van der Waals surface area contributed by atoms with E-state index in [1.165, 1.54) is 173 Å². The molecule has 0 saturated carbocycles. The van der Waals surface area contributed by atoms with Crippen molar-refractivity contribution in [2.24, 2.45) is 0 Å². The fourth-order valence-corrected chi connectivity index (χ4v) is 8.05. The minimum atomic E-state index is -0.774. The second-order valence-corrected chi connectivity index (χ2v) is 18.6. The molecule has 65 heavy (non-hydrogen) atoms. The van der Waals surface area contributed by atoms with Gasteiger partial charge in [-0.1, -0.05) is 254 Å². The smallest absolute Gasteiger partial charge is 0.306 e. The molecule has 0 rings (SSSR count). The Hall–Kier alpha value is -2.66. The summed E-state index contributed by atoms with van der Waals surface area (Å²) in [6.07, 6.45) is 76.0. The van der Waals surface area contributed by atoms with Crippen LogP contribution in [0.4, 0.5) is 0 Å². The van der Waals surface area contributed by atoms with Gasteiger partial charge in [0.2, 0.25) is 0 Å². The Bertz CT molecular complexity index is 1160. The summed E-state index contributed by atoms with van der Waals surface area (Å²) in [6, 6.07) is 0. The van der Waals surface area contributed by atoms with Crippen LogP contribution in [0.1, 0.15) is 277 Å². The third-order valence-corrected chi connectivity index (χ3v) is 12.2. The van der Waals surface area contributed by atoms with Gasteiger partial charge >= 0.3 is 11.9 Å². The molecule has 0 spiro atoms. The number of ether oxygens (including phenoxy) is 2. The van der Waals surface area contributed by atoms with Crippen molar-refractivity contribution in [3.8, 4) is 0 Å². The van der Waals surface area contributed by atoms with E-state index >= 15 is 0 Å². The molecule has 5 heteroatoms. The summed E-state index contributed by atoms with van der Waals surface area (Å²) in [5.41, 5.74) is 0. The molecule has 0 heterocycles. The van der Waals surface area contributed by atoms with Crippen LogP contribution in [0, 0.1) is 0 Å². The Morgan fingerprint density at radius 2 is 0.662 bits per heavy atom. The summed E-state index contributed by atoms with van der Waals surface area (Å²) in [6.45, 7) is 4.03. The second-order valence-electron chi connectivity index (χ2n) is 18.6. The number of carbonyl (C=O) groups excluding carboxylic acids is 2. The lowest BCUT2D eigenvalue weighted by molar-refractivity contribution is -0.161. The number of esters is 2. The summed E-state index contributed by atoms with van der Waals surface area (Å²) < 4.78 is 10.7. The van der Waals surface area contributed by atoms with Crippen LogP contribution >= 0.6 is 0 Å². The zero-order chi connectivity index (χ0) is 47.0. The van der Waals surface area contributed by atoms with Crippen molar-refractivity contribution in [1.82, 2.24) is 0 Å². The Morgan fingerprint density at radius 1 is 0.369 bits per heavy atom. The van der Waals surface area contributed by atoms with Crippen molar-refractivity contribution in [3.63, 3.8) is 0 Å². The second kappa shape index (κ2) is 55.7. The molecular weight excluding hydrogens is 801 g/mol. The lowest BCUT2D eigenvalue weighted by atomic mass is 10.0. The van der Waals surface area contributed by atoms with E-state index in [2.05, 4.69) is 86.8 Å². The van der Waals surface area contributed by atoms with Crippen molar-refractivity contribution >= 4 is 11.9 Å². The number of aliphatic hydroxyl groups is 1. The molecule has 376 valence electrons. The van der Waals surface area contributed by atoms with Crippen molar-refractivity contribution < 1.29 is 24.2 Å². The first-order valence-electron chi connectivity index (χ1n) is 28.0. The van der Waals surface area contributed by atoms with Gasteiger partial charge in [0, 0.05) is 12.8 Å². The zero-order valence-electron chi connectivity index (χ0n) is 43.0. The number of unbranched alkanes of at least 4 members (excludes halogenated alkanes) is 31. The predicted octanol–water partition coefficient (Wildman–Crippen LogP) is 18.8. The summed E-state index contributed by atoms with van der Waals surface area (Å²) in [4.78, 5) is 24.4. The van der Waals surface area contributed by atoms with Crippen LogP contribution in [0.3, 0.4) is 0 Å². The first-order chi connectivity index (χ1) is 32.1. The molecular formula is C60H106O5. The SMILES string of the molecule is CC/C=C\C/C=C\C/C=C\C/C=C\C/C=C\CCCCCCCCCCCCCCCCCCCCCCCC(=O)OC(CO)COC(=O)CCCCCCC/C=C\CCCCCCC. The molecule has 1 unspecified atom stereocenters. The van der Waals surface area contributed by atoms with Crippen LogP contribution in [0.5, 0.6) is 0 Å². The van der Waals surface area contributed by atoms with Crippen molar-refractivity contribution in [1.29, 1.82) is 0 Å². The van der Waals surface area contributed by atoms with Gasteiger partial charge in [-0.15, -0.1) is 0 Å². The molecule has 0 bridgehead atoms. The molecule has 0 saturated heterocycles. The predicted molar refractivity (Wildman–Crippen MR) is 283 cm³/mol. The highest BCUT2D eigenvalue weighted by molar-refractivity contribution is 5.70. The Morgan fingerprint density at radius 3 is 1.02 bits per heavy atom. The Balaban J connectivity index is 3.42. The van der Waals surface area contributed by atoms with E-state index in [0.717, 1.165) is 77.0 Å². The third-order valence-electron chi connectivity index (χ3n) is 12.2. The molecule has 0 radical (unpaired) electrons. The van der Waals surface area contributed by atoms with Gasteiger partial charge in [-0.25, -0.2) is 0 Å². The van der Waals surface area contributed by atoms with Gasteiger partial charge in [-0.2, -0.15) is 0 Å². The topological polar surface area (TPSA) is 72.8 Å². The highest BCUT2D eigenvalue weighted by atomic mass is 16.6. The molecule has 0 aliphatic heterocycles. The molecule has 0 aliphatic rings. The van der Waals surface area contributed by atoms with Gasteiger partial charge in [-0.05, 0) is 83.5 Å². The first kappa shape index (κ1) is 62.3. The van der Waals surface area contributed by atoms with Gasteiger partial charge in [0.15, 0.2) is 6.10 Å². The van der Waals surface area contributed by atoms with Gasteiger partial charge < -0.3 is 14.6 Å². The largest absolute Gasteiger partial charge is 0.462 e. The van der Waals surface area contributed by atoms with Gasteiger partial charge in [0.05, 0.1) is 6.61 Å². The average Bonchev–Trinajstić information content (AvgIpc) is 3.31. The van der Waals surface area contributed by atoms with E-state index in [9.17, 15) is 14.7 Å². The van der Waals surface area contributed by atoms with Crippen LogP contribution in [0.2, 0.25) is 0 Å². The first-order valence-corrected chi connectivity index (χ1v) is 28.0. The quantitative estimate of drug-likeness (QED) is 0.0374. The maximum atomic E-state index is 12.3. The van der Waals surface area contributed by atoms with Crippen molar-refractivity contribution in [2.75, 3.05) is 13.2 Å². The van der Waals surface area contributed by atoms with E-state index in [1.54, 1.807) is 0 Å². The molecule has 0 aromatic rings. The number of aliphatic hydroxyl groups excluding tert-OH is 1. The van der Waals surface area contributed by atoms with Crippen LogP contribution in [0.15, 0.2) is 72.9 Å². The number of rotatable bonds is 51. The van der Waals surface area contributed by atoms with E-state index < -0.39 is 6.10 Å².